The Kier molecular flexibility index (Phi) is 4.35. The summed E-state index contributed by atoms with van der Waals surface area (Å²) in [5, 5.41) is 0. The average Bonchev–Trinajstić information content (AvgIpc) is 2.52. The van der Waals surface area contributed by atoms with Crippen LogP contribution in [0.2, 0.25) is 0 Å². The van der Waals surface area contributed by atoms with Gasteiger partial charge in [-0.3, -0.25) is 4.90 Å². The molecule has 0 aliphatic carbocycles. The van der Waals surface area contributed by atoms with Gasteiger partial charge >= 0.3 is 0 Å². The largest absolute Gasteiger partial charge is 0.292 e. The molecule has 1 atom stereocenters. The number of aryl methyl sites for hydroxylation is 1. The van der Waals surface area contributed by atoms with E-state index in [1.165, 1.54) is 36.0 Å². The second-order valence-electron chi connectivity index (χ2n) is 5.96. The van der Waals surface area contributed by atoms with E-state index in [9.17, 15) is 4.39 Å². The molecule has 0 bridgehead atoms. The third kappa shape index (κ3) is 3.33. The molecule has 1 saturated heterocycles. The van der Waals surface area contributed by atoms with E-state index in [0.717, 1.165) is 13.1 Å². The van der Waals surface area contributed by atoms with Crippen LogP contribution in [0, 0.1) is 12.7 Å². The van der Waals surface area contributed by atoms with Crippen LogP contribution in [0.3, 0.4) is 0 Å². The first-order valence-electron chi connectivity index (χ1n) is 7.80. The molecule has 2 aromatic rings. The topological polar surface area (TPSA) is 3.24 Å². The van der Waals surface area contributed by atoms with Crippen molar-refractivity contribution < 1.29 is 4.39 Å². The highest BCUT2D eigenvalue weighted by Crippen LogP contribution is 2.31. The highest BCUT2D eigenvalue weighted by Gasteiger charge is 2.23. The van der Waals surface area contributed by atoms with Crippen LogP contribution in [0.4, 0.5) is 4.39 Å². The fraction of sp³-hybridized carbons (Fsp3) is 0.368. The first-order valence-corrected chi connectivity index (χ1v) is 7.80. The fourth-order valence-electron chi connectivity index (χ4n) is 3.18. The minimum absolute atomic E-state index is 0.167. The van der Waals surface area contributed by atoms with E-state index < -0.39 is 0 Å². The monoisotopic (exact) mass is 283 g/mol. The normalized spacial score (nSPS) is 17.6. The molecule has 0 spiro atoms. The fourth-order valence-corrected chi connectivity index (χ4v) is 3.18. The van der Waals surface area contributed by atoms with Crippen molar-refractivity contribution in [3.8, 4) is 0 Å². The van der Waals surface area contributed by atoms with E-state index in [4.69, 9.17) is 0 Å². The minimum Gasteiger partial charge on any atom is -0.292 e. The van der Waals surface area contributed by atoms with E-state index in [0.29, 0.717) is 0 Å². The van der Waals surface area contributed by atoms with Crippen molar-refractivity contribution in [2.24, 2.45) is 0 Å². The lowest BCUT2D eigenvalue weighted by molar-refractivity contribution is 0.187. The van der Waals surface area contributed by atoms with Crippen LogP contribution in [0.15, 0.2) is 48.5 Å². The molecule has 110 valence electrons. The SMILES string of the molecule is Cc1ccc(C(c2ccc(F)cc2)N2CCCCC2)cc1. The first-order chi connectivity index (χ1) is 10.2. The van der Waals surface area contributed by atoms with Crippen LogP contribution < -0.4 is 0 Å². The van der Waals surface area contributed by atoms with E-state index in [1.54, 1.807) is 12.1 Å². The molecule has 1 nitrogen and oxygen atoms in total. The maximum atomic E-state index is 13.2. The maximum Gasteiger partial charge on any atom is 0.123 e. The molecule has 0 amide bonds. The van der Waals surface area contributed by atoms with E-state index in [-0.39, 0.29) is 11.9 Å². The van der Waals surface area contributed by atoms with Crippen LogP contribution in [0.25, 0.3) is 0 Å². The molecule has 1 fully saturated rings. The van der Waals surface area contributed by atoms with Gasteiger partial charge in [-0.05, 0) is 56.1 Å². The van der Waals surface area contributed by atoms with Gasteiger partial charge in [-0.2, -0.15) is 0 Å². The lowest BCUT2D eigenvalue weighted by Gasteiger charge is -2.35. The second-order valence-corrected chi connectivity index (χ2v) is 5.96. The molecule has 21 heavy (non-hydrogen) atoms. The Morgan fingerprint density at radius 2 is 1.33 bits per heavy atom. The van der Waals surface area contributed by atoms with Gasteiger partial charge in [0.2, 0.25) is 0 Å². The number of benzene rings is 2. The third-order valence-corrected chi connectivity index (χ3v) is 4.33. The minimum atomic E-state index is -0.167. The summed E-state index contributed by atoms with van der Waals surface area (Å²) in [5.74, 6) is -0.167. The molecule has 2 heteroatoms. The van der Waals surface area contributed by atoms with Gasteiger partial charge in [0.25, 0.3) is 0 Å². The summed E-state index contributed by atoms with van der Waals surface area (Å²) in [6, 6.07) is 16.0. The van der Waals surface area contributed by atoms with E-state index >= 15 is 0 Å². The zero-order valence-electron chi connectivity index (χ0n) is 12.6. The van der Waals surface area contributed by atoms with Gasteiger partial charge in [-0.25, -0.2) is 4.39 Å². The van der Waals surface area contributed by atoms with Crippen molar-refractivity contribution in [2.45, 2.75) is 32.2 Å². The van der Waals surface area contributed by atoms with Crippen molar-refractivity contribution in [2.75, 3.05) is 13.1 Å². The number of piperidine rings is 1. The van der Waals surface area contributed by atoms with Gasteiger partial charge < -0.3 is 0 Å². The summed E-state index contributed by atoms with van der Waals surface area (Å²) >= 11 is 0. The Hall–Kier alpha value is -1.67. The molecule has 2 aromatic carbocycles. The van der Waals surface area contributed by atoms with Crippen molar-refractivity contribution in [1.82, 2.24) is 4.90 Å². The molecule has 1 unspecified atom stereocenters. The Morgan fingerprint density at radius 3 is 1.90 bits per heavy atom. The van der Waals surface area contributed by atoms with Crippen molar-refractivity contribution in [3.05, 3.63) is 71.0 Å². The van der Waals surface area contributed by atoms with Gasteiger partial charge in [0.15, 0.2) is 0 Å². The third-order valence-electron chi connectivity index (χ3n) is 4.33. The van der Waals surface area contributed by atoms with E-state index in [1.807, 2.05) is 12.1 Å². The lowest BCUT2D eigenvalue weighted by atomic mass is 9.94. The zero-order chi connectivity index (χ0) is 14.7. The molecule has 0 radical (unpaired) electrons. The average molecular weight is 283 g/mol. The molecule has 3 rings (SSSR count). The van der Waals surface area contributed by atoms with Crippen LogP contribution in [-0.2, 0) is 0 Å². The van der Waals surface area contributed by atoms with Gasteiger partial charge in [0.05, 0.1) is 6.04 Å². The summed E-state index contributed by atoms with van der Waals surface area (Å²) in [5.41, 5.74) is 3.76. The predicted octanol–water partition coefficient (Wildman–Crippen LogP) is 4.71. The number of likely N-dealkylation sites (tertiary alicyclic amines) is 1. The Morgan fingerprint density at radius 1 is 0.810 bits per heavy atom. The summed E-state index contributed by atoms with van der Waals surface area (Å²) in [7, 11) is 0. The Balaban J connectivity index is 1.97. The van der Waals surface area contributed by atoms with Gasteiger partial charge in [0, 0.05) is 0 Å². The maximum absolute atomic E-state index is 13.2. The standard InChI is InChI=1S/C19H22FN/c1-15-5-7-16(8-6-15)19(21-13-3-2-4-14-21)17-9-11-18(20)12-10-17/h5-12,19H,2-4,13-14H2,1H3. The van der Waals surface area contributed by atoms with Gasteiger partial charge in [-0.1, -0.05) is 48.4 Å². The van der Waals surface area contributed by atoms with Crippen LogP contribution in [0.1, 0.15) is 42.0 Å². The number of halogens is 1. The summed E-state index contributed by atoms with van der Waals surface area (Å²) in [6.07, 6.45) is 3.83. The molecule has 0 saturated carbocycles. The first kappa shape index (κ1) is 14.3. The van der Waals surface area contributed by atoms with Crippen molar-refractivity contribution in [1.29, 1.82) is 0 Å². The second kappa shape index (κ2) is 6.40. The highest BCUT2D eigenvalue weighted by molar-refractivity contribution is 5.33. The Labute approximate surface area is 126 Å². The quantitative estimate of drug-likeness (QED) is 0.788. The van der Waals surface area contributed by atoms with Crippen LogP contribution in [0.5, 0.6) is 0 Å². The number of hydrogen-bond acceptors (Lipinski definition) is 1. The number of rotatable bonds is 3. The van der Waals surface area contributed by atoms with E-state index in [2.05, 4.69) is 36.1 Å². The molecule has 0 aromatic heterocycles. The van der Waals surface area contributed by atoms with Crippen LogP contribution in [-0.4, -0.2) is 18.0 Å². The number of nitrogens with zero attached hydrogens (tertiary/aromatic N) is 1. The highest BCUT2D eigenvalue weighted by atomic mass is 19.1. The van der Waals surface area contributed by atoms with Crippen molar-refractivity contribution >= 4 is 0 Å². The zero-order valence-corrected chi connectivity index (χ0v) is 12.6. The molecular weight excluding hydrogens is 261 g/mol. The smallest absolute Gasteiger partial charge is 0.123 e. The molecule has 1 heterocycles. The Bertz CT molecular complexity index is 522. The van der Waals surface area contributed by atoms with Crippen LogP contribution >= 0.6 is 0 Å². The van der Waals surface area contributed by atoms with Gasteiger partial charge in [0.1, 0.15) is 5.82 Å². The molecular formula is C19H22FN. The summed E-state index contributed by atoms with van der Waals surface area (Å²) in [6.45, 7) is 4.35. The summed E-state index contributed by atoms with van der Waals surface area (Å²) in [4.78, 5) is 2.53. The van der Waals surface area contributed by atoms with Crippen molar-refractivity contribution in [3.63, 3.8) is 0 Å². The molecule has 1 aliphatic rings. The predicted molar refractivity (Wildman–Crippen MR) is 84.8 cm³/mol. The molecule has 0 N–H and O–H groups in total. The lowest BCUT2D eigenvalue weighted by Crippen LogP contribution is -2.34. The summed E-state index contributed by atoms with van der Waals surface area (Å²) < 4.78 is 13.2. The number of hydrogen-bond donors (Lipinski definition) is 0. The van der Waals surface area contributed by atoms with Gasteiger partial charge in [-0.15, -0.1) is 0 Å². The molecule has 1 aliphatic heterocycles.